The third-order valence-electron chi connectivity index (χ3n) is 5.00. The highest BCUT2D eigenvalue weighted by molar-refractivity contribution is 6.12. The van der Waals surface area contributed by atoms with Gasteiger partial charge in [-0.15, -0.1) is 0 Å². The maximum absolute atomic E-state index is 14.1. The summed E-state index contributed by atoms with van der Waals surface area (Å²) in [5.74, 6) is -5.13. The number of hydrogen-bond acceptors (Lipinski definition) is 3. The van der Waals surface area contributed by atoms with Crippen molar-refractivity contribution in [3.8, 4) is 11.3 Å². The molecular formula is C23H19F3N4O. The number of benzene rings is 2. The highest BCUT2D eigenvalue weighted by atomic mass is 19.2. The molecule has 0 bridgehead atoms. The molecule has 1 N–H and O–H groups in total. The number of pyridine rings is 1. The van der Waals surface area contributed by atoms with Gasteiger partial charge in [-0.1, -0.05) is 24.3 Å². The number of carbonyl (C=O) groups is 1. The summed E-state index contributed by atoms with van der Waals surface area (Å²) in [6.45, 7) is 5.80. The molecule has 0 atom stereocenters. The van der Waals surface area contributed by atoms with E-state index in [0.717, 1.165) is 23.3 Å². The van der Waals surface area contributed by atoms with Gasteiger partial charge >= 0.3 is 0 Å². The van der Waals surface area contributed by atoms with Crippen LogP contribution in [0.5, 0.6) is 0 Å². The molecule has 2 aromatic heterocycles. The molecule has 0 aliphatic rings. The number of aromatic nitrogens is 3. The second kappa shape index (κ2) is 7.86. The molecule has 158 valence electrons. The van der Waals surface area contributed by atoms with Crippen LogP contribution in [0, 0.1) is 24.4 Å². The van der Waals surface area contributed by atoms with Gasteiger partial charge < -0.3 is 5.32 Å². The largest absolute Gasteiger partial charge is 0.319 e. The van der Waals surface area contributed by atoms with E-state index in [1.165, 1.54) is 6.20 Å². The van der Waals surface area contributed by atoms with Crippen molar-refractivity contribution in [1.29, 1.82) is 0 Å². The average Bonchev–Trinajstić information content (AvgIpc) is 3.18. The molecule has 0 saturated heterocycles. The number of aryl methyl sites for hydroxylation is 1. The number of rotatable bonds is 4. The molecule has 2 heterocycles. The van der Waals surface area contributed by atoms with E-state index in [0.29, 0.717) is 16.7 Å². The molecule has 0 aliphatic carbocycles. The lowest BCUT2D eigenvalue weighted by atomic mass is 10.0. The third kappa shape index (κ3) is 3.65. The fourth-order valence-corrected chi connectivity index (χ4v) is 3.39. The Morgan fingerprint density at radius 1 is 1.06 bits per heavy atom. The van der Waals surface area contributed by atoms with Gasteiger partial charge in [-0.25, -0.2) is 22.8 Å². The van der Waals surface area contributed by atoms with Gasteiger partial charge in [0, 0.05) is 11.6 Å². The van der Waals surface area contributed by atoms with Crippen molar-refractivity contribution in [2.75, 3.05) is 5.32 Å². The predicted octanol–water partition coefficient (Wildman–Crippen LogP) is 5.66. The zero-order valence-corrected chi connectivity index (χ0v) is 17.1. The van der Waals surface area contributed by atoms with E-state index in [1.807, 2.05) is 45.0 Å². The van der Waals surface area contributed by atoms with Crippen LogP contribution in [0.15, 0.2) is 48.7 Å². The summed E-state index contributed by atoms with van der Waals surface area (Å²) < 4.78 is 42.6. The molecule has 0 radical (unpaired) electrons. The van der Waals surface area contributed by atoms with Crippen LogP contribution in [0.25, 0.3) is 22.3 Å². The van der Waals surface area contributed by atoms with Gasteiger partial charge in [-0.3, -0.25) is 4.79 Å². The van der Waals surface area contributed by atoms with E-state index in [1.54, 1.807) is 10.7 Å². The number of anilines is 1. The molecule has 0 fully saturated rings. The van der Waals surface area contributed by atoms with Crippen LogP contribution in [0.2, 0.25) is 0 Å². The molecule has 31 heavy (non-hydrogen) atoms. The molecular weight excluding hydrogens is 405 g/mol. The van der Waals surface area contributed by atoms with Crippen LogP contribution >= 0.6 is 0 Å². The predicted molar refractivity (Wildman–Crippen MR) is 112 cm³/mol. The van der Waals surface area contributed by atoms with E-state index in [9.17, 15) is 18.0 Å². The number of halogens is 3. The lowest BCUT2D eigenvalue weighted by Gasteiger charge is -2.12. The van der Waals surface area contributed by atoms with Crippen molar-refractivity contribution >= 4 is 22.6 Å². The summed E-state index contributed by atoms with van der Waals surface area (Å²) in [6.07, 6.45) is 1.51. The van der Waals surface area contributed by atoms with E-state index < -0.39 is 29.0 Å². The first-order chi connectivity index (χ1) is 14.8. The maximum Gasteiger partial charge on any atom is 0.256 e. The monoisotopic (exact) mass is 424 g/mol. The van der Waals surface area contributed by atoms with Crippen LogP contribution in [0.3, 0.4) is 0 Å². The Bertz CT molecular complexity index is 1310. The third-order valence-corrected chi connectivity index (χ3v) is 5.00. The first-order valence-corrected chi connectivity index (χ1v) is 9.67. The molecule has 1 amide bonds. The molecule has 4 aromatic rings. The Morgan fingerprint density at radius 2 is 1.81 bits per heavy atom. The van der Waals surface area contributed by atoms with Crippen LogP contribution in [-0.4, -0.2) is 20.7 Å². The zero-order valence-electron chi connectivity index (χ0n) is 17.1. The molecule has 0 spiro atoms. The Kier molecular flexibility index (Phi) is 5.22. The van der Waals surface area contributed by atoms with Gasteiger partial charge in [0.1, 0.15) is 0 Å². The minimum Gasteiger partial charge on any atom is -0.319 e. The minimum absolute atomic E-state index is 0.0170. The van der Waals surface area contributed by atoms with Gasteiger partial charge in [-0.05, 0) is 44.5 Å². The maximum atomic E-state index is 14.1. The molecule has 8 heteroatoms. The topological polar surface area (TPSA) is 59.8 Å². The van der Waals surface area contributed by atoms with Crippen LogP contribution in [0.1, 0.15) is 35.8 Å². The Morgan fingerprint density at radius 3 is 2.52 bits per heavy atom. The summed E-state index contributed by atoms with van der Waals surface area (Å²) in [5, 5.41) is 7.13. The lowest BCUT2D eigenvalue weighted by molar-refractivity contribution is 0.102. The second-order valence-corrected chi connectivity index (χ2v) is 7.47. The summed E-state index contributed by atoms with van der Waals surface area (Å²) in [5.41, 5.74) is 2.56. The van der Waals surface area contributed by atoms with Crippen molar-refractivity contribution in [3.63, 3.8) is 0 Å². The molecule has 2 aromatic carbocycles. The number of nitrogens with zero attached hydrogens (tertiary/aromatic N) is 3. The fourth-order valence-electron chi connectivity index (χ4n) is 3.39. The first kappa shape index (κ1) is 20.6. The van der Waals surface area contributed by atoms with E-state index in [-0.39, 0.29) is 11.6 Å². The number of amides is 1. The van der Waals surface area contributed by atoms with Crippen LogP contribution in [0.4, 0.5) is 18.9 Å². The second-order valence-electron chi connectivity index (χ2n) is 7.47. The van der Waals surface area contributed by atoms with Gasteiger partial charge in [0.2, 0.25) is 0 Å². The Balaban J connectivity index is 1.87. The van der Waals surface area contributed by atoms with E-state index >= 15 is 0 Å². The number of carbonyl (C=O) groups excluding carboxylic acids is 1. The SMILES string of the molecule is Cc1ccccc1-c1cc(C(=O)Nc2ccc(F)c(F)c2F)c2cnn(C(C)C)c2n1. The Labute approximate surface area is 176 Å². The molecule has 0 saturated carbocycles. The normalized spacial score (nSPS) is 11.3. The van der Waals surface area contributed by atoms with Crippen molar-refractivity contribution in [1.82, 2.24) is 14.8 Å². The van der Waals surface area contributed by atoms with Gasteiger partial charge in [0.15, 0.2) is 23.1 Å². The smallest absolute Gasteiger partial charge is 0.256 e. The van der Waals surface area contributed by atoms with E-state index in [2.05, 4.69) is 10.4 Å². The standard InChI is InChI=1S/C23H19F3N4O/c1-12(2)30-22-16(11-27-30)15(10-19(28-22)14-7-5-4-6-13(14)3)23(31)29-18-9-8-17(24)20(25)21(18)26/h4-12H,1-3H3,(H,29,31). The first-order valence-electron chi connectivity index (χ1n) is 9.67. The van der Waals surface area contributed by atoms with Gasteiger partial charge in [-0.2, -0.15) is 5.10 Å². The summed E-state index contributed by atoms with van der Waals surface area (Å²) in [4.78, 5) is 17.8. The summed E-state index contributed by atoms with van der Waals surface area (Å²) in [6, 6.07) is 10.9. The number of nitrogens with one attached hydrogen (secondary N) is 1. The lowest BCUT2D eigenvalue weighted by Crippen LogP contribution is -2.15. The van der Waals surface area contributed by atoms with Crippen LogP contribution in [-0.2, 0) is 0 Å². The van der Waals surface area contributed by atoms with Gasteiger partial charge in [0.05, 0.1) is 28.5 Å². The van der Waals surface area contributed by atoms with Gasteiger partial charge in [0.25, 0.3) is 5.91 Å². The Hall–Kier alpha value is -3.68. The number of hydrogen-bond donors (Lipinski definition) is 1. The zero-order chi connectivity index (χ0) is 22.3. The van der Waals surface area contributed by atoms with E-state index in [4.69, 9.17) is 4.98 Å². The van der Waals surface area contributed by atoms with Crippen molar-refractivity contribution in [2.24, 2.45) is 0 Å². The summed E-state index contributed by atoms with van der Waals surface area (Å²) >= 11 is 0. The molecule has 0 unspecified atom stereocenters. The number of fused-ring (bicyclic) bond motifs is 1. The summed E-state index contributed by atoms with van der Waals surface area (Å²) in [7, 11) is 0. The average molecular weight is 424 g/mol. The van der Waals surface area contributed by atoms with Crippen LogP contribution < -0.4 is 5.32 Å². The molecule has 4 rings (SSSR count). The van der Waals surface area contributed by atoms with Crippen molar-refractivity contribution in [2.45, 2.75) is 26.8 Å². The van der Waals surface area contributed by atoms with Crippen molar-refractivity contribution in [3.05, 3.63) is 77.2 Å². The molecule has 5 nitrogen and oxygen atoms in total. The quantitative estimate of drug-likeness (QED) is 0.430. The highest BCUT2D eigenvalue weighted by Gasteiger charge is 2.21. The highest BCUT2D eigenvalue weighted by Crippen LogP contribution is 2.29. The molecule has 0 aliphatic heterocycles. The van der Waals surface area contributed by atoms with Crippen molar-refractivity contribution < 1.29 is 18.0 Å². The minimum atomic E-state index is -1.65. The fraction of sp³-hybridized carbons (Fsp3) is 0.174.